The maximum atomic E-state index is 15.0. The normalized spacial score (nSPS) is 21.4. The van der Waals surface area contributed by atoms with Crippen molar-refractivity contribution in [2.45, 2.75) is 102 Å². The fraction of sp³-hybridized carbons (Fsp3) is 0.600. The van der Waals surface area contributed by atoms with Crippen molar-refractivity contribution in [3.8, 4) is 0 Å². The number of piperidine rings is 2. The zero-order valence-electron chi connectivity index (χ0n) is 34.3. The predicted molar refractivity (Wildman–Crippen MR) is 220 cm³/mol. The summed E-state index contributed by atoms with van der Waals surface area (Å²) >= 11 is 0. The van der Waals surface area contributed by atoms with Crippen LogP contribution in [0.2, 0.25) is 0 Å². The number of hydrogen-bond acceptors (Lipinski definition) is 8. The first kappa shape index (κ1) is 41.1. The Morgan fingerprint density at radius 2 is 1.47 bits per heavy atom. The molecule has 3 aromatic rings. The van der Waals surface area contributed by atoms with Crippen LogP contribution in [0.15, 0.2) is 47.3 Å². The summed E-state index contributed by atoms with van der Waals surface area (Å²) in [6.07, 6.45) is 11.0. The van der Waals surface area contributed by atoms with Crippen molar-refractivity contribution in [3.05, 3.63) is 75.5 Å². The van der Waals surface area contributed by atoms with E-state index in [4.69, 9.17) is 4.74 Å². The van der Waals surface area contributed by atoms with Gasteiger partial charge in [0.2, 0.25) is 17.7 Å². The van der Waals surface area contributed by atoms with Gasteiger partial charge in [0.1, 0.15) is 11.9 Å². The number of nitrogens with one attached hydrogen (secondary N) is 2. The van der Waals surface area contributed by atoms with Gasteiger partial charge in [-0.1, -0.05) is 50.5 Å². The molecule has 2 saturated carbocycles. The first-order valence-electron chi connectivity index (χ1n) is 21.8. The highest BCUT2D eigenvalue weighted by Crippen LogP contribution is 2.45. The smallest absolute Gasteiger partial charge is 0.272 e. The van der Waals surface area contributed by atoms with Gasteiger partial charge in [0, 0.05) is 69.6 Å². The Morgan fingerprint density at radius 3 is 2.15 bits per heavy atom. The molecule has 316 valence electrons. The number of nitrogens with zero attached hydrogens (tertiary/aromatic N) is 5. The van der Waals surface area contributed by atoms with Gasteiger partial charge in [0.25, 0.3) is 11.5 Å². The van der Waals surface area contributed by atoms with E-state index in [-0.39, 0.29) is 52.4 Å². The highest BCUT2D eigenvalue weighted by atomic mass is 19.1. The number of carbonyl (C=O) groups excluding carboxylic acids is 4. The third kappa shape index (κ3) is 9.54. The summed E-state index contributed by atoms with van der Waals surface area (Å²) in [5.74, 6) is -0.670. The van der Waals surface area contributed by atoms with Crippen LogP contribution >= 0.6 is 0 Å². The first-order chi connectivity index (χ1) is 28.5. The Labute approximate surface area is 345 Å². The van der Waals surface area contributed by atoms with Crippen LogP contribution in [0, 0.1) is 17.2 Å². The number of halogens is 1. The van der Waals surface area contributed by atoms with Crippen LogP contribution in [0.3, 0.4) is 0 Å². The number of carbonyl (C=O) groups is 4. The standard InChI is InChI=1S/C45H58FN7O6/c1-45(17-18-45)44(58)47-40(31-7-3-2-4-8-31)43(57)52-21-15-33(16-22-52)59-32-13-19-50(20-14-32)29-39(54)51-23-25-53(26-24-51)42(56)36-27-30(11-12-37(36)46)28-38-34-9-5-6-10-35(34)41(55)49-48-38/h5-6,9-12,27,31-33,40H,2-4,7-8,13-26,28-29H2,1H3,(H,47,58)(H,49,55)/t40-/m1/s1. The van der Waals surface area contributed by atoms with Gasteiger partial charge in [-0.25, -0.2) is 9.49 Å². The molecular weight excluding hydrogens is 754 g/mol. The average molecular weight is 812 g/mol. The van der Waals surface area contributed by atoms with Crippen molar-refractivity contribution in [2.24, 2.45) is 11.3 Å². The number of H-pyrrole nitrogens is 1. The van der Waals surface area contributed by atoms with Crippen molar-refractivity contribution in [1.82, 2.24) is 35.1 Å². The second kappa shape index (κ2) is 17.9. The lowest BCUT2D eigenvalue weighted by molar-refractivity contribution is -0.143. The zero-order chi connectivity index (χ0) is 41.1. The second-order valence-electron chi connectivity index (χ2n) is 17.8. The molecule has 14 heteroatoms. The van der Waals surface area contributed by atoms with Gasteiger partial charge >= 0.3 is 0 Å². The molecule has 8 rings (SSSR count). The summed E-state index contributed by atoms with van der Waals surface area (Å²) in [4.78, 5) is 73.4. The van der Waals surface area contributed by atoms with E-state index < -0.39 is 17.8 Å². The Morgan fingerprint density at radius 1 is 0.831 bits per heavy atom. The molecule has 1 aromatic heterocycles. The topological polar surface area (TPSA) is 148 Å². The minimum absolute atomic E-state index is 0.0212. The van der Waals surface area contributed by atoms with Crippen LogP contribution in [-0.2, 0) is 25.5 Å². The van der Waals surface area contributed by atoms with Gasteiger partial charge in [0.05, 0.1) is 35.4 Å². The number of hydrogen-bond donors (Lipinski definition) is 2. The lowest BCUT2D eigenvalue weighted by Crippen LogP contribution is -2.56. The fourth-order valence-electron chi connectivity index (χ4n) is 9.43. The number of aromatic amines is 1. The molecule has 0 unspecified atom stereocenters. The molecule has 3 saturated heterocycles. The summed E-state index contributed by atoms with van der Waals surface area (Å²) in [6.45, 7) is 6.50. The first-order valence-corrected chi connectivity index (χ1v) is 21.8. The van der Waals surface area contributed by atoms with Crippen molar-refractivity contribution < 1.29 is 28.3 Å². The Hall–Kier alpha value is -4.69. The summed E-state index contributed by atoms with van der Waals surface area (Å²) in [7, 11) is 0. The molecule has 5 fully saturated rings. The molecule has 3 aliphatic heterocycles. The summed E-state index contributed by atoms with van der Waals surface area (Å²) in [5.41, 5.74) is 0.716. The number of fused-ring (bicyclic) bond motifs is 1. The molecule has 2 aliphatic carbocycles. The van der Waals surface area contributed by atoms with Gasteiger partial charge in [-0.3, -0.25) is 28.9 Å². The molecule has 2 N–H and O–H groups in total. The molecule has 2 aromatic carbocycles. The van der Waals surface area contributed by atoms with Gasteiger partial charge in [-0.15, -0.1) is 0 Å². The minimum atomic E-state index is -0.604. The van der Waals surface area contributed by atoms with Crippen LogP contribution in [0.25, 0.3) is 10.8 Å². The average Bonchev–Trinajstić information content (AvgIpc) is 4.03. The highest BCUT2D eigenvalue weighted by molar-refractivity contribution is 5.95. The molecule has 0 bridgehead atoms. The maximum absolute atomic E-state index is 15.0. The van der Waals surface area contributed by atoms with E-state index in [1.165, 1.54) is 12.5 Å². The van der Waals surface area contributed by atoms with Crippen molar-refractivity contribution in [2.75, 3.05) is 58.9 Å². The van der Waals surface area contributed by atoms with Crippen LogP contribution in [0.5, 0.6) is 0 Å². The number of amides is 4. The number of aromatic nitrogens is 2. The molecule has 5 aliphatic rings. The van der Waals surface area contributed by atoms with E-state index in [0.717, 1.165) is 77.3 Å². The Kier molecular flexibility index (Phi) is 12.4. The summed E-state index contributed by atoms with van der Waals surface area (Å²) < 4.78 is 21.6. The third-order valence-corrected chi connectivity index (χ3v) is 13.6. The number of rotatable bonds is 11. The Balaban J connectivity index is 0.758. The van der Waals surface area contributed by atoms with Crippen molar-refractivity contribution >= 4 is 34.4 Å². The molecule has 0 radical (unpaired) electrons. The fourth-order valence-corrected chi connectivity index (χ4v) is 9.43. The quantitative estimate of drug-likeness (QED) is 0.292. The van der Waals surface area contributed by atoms with Gasteiger partial charge in [-0.05, 0) is 81.0 Å². The molecule has 59 heavy (non-hydrogen) atoms. The second-order valence-corrected chi connectivity index (χ2v) is 17.8. The maximum Gasteiger partial charge on any atom is 0.272 e. The molecule has 1 atom stereocenters. The SMILES string of the molecule is CC1(C(=O)N[C@@H](C(=O)N2CCC(OC3CCN(CC(=O)N4CCN(C(=O)c5cc(Cc6n[nH]c(=O)c7ccccc67)ccc5F)CC4)CC3)CC2)C2CCCCC2)CC1. The van der Waals surface area contributed by atoms with E-state index >= 15 is 4.39 Å². The molecule has 4 heterocycles. The molecule has 0 spiro atoms. The lowest BCUT2D eigenvalue weighted by atomic mass is 9.82. The molecule has 13 nitrogen and oxygen atoms in total. The van der Waals surface area contributed by atoms with E-state index in [9.17, 15) is 24.0 Å². The van der Waals surface area contributed by atoms with E-state index in [0.29, 0.717) is 74.3 Å². The van der Waals surface area contributed by atoms with Gasteiger partial charge in [0.15, 0.2) is 0 Å². The largest absolute Gasteiger partial charge is 0.375 e. The van der Waals surface area contributed by atoms with Crippen LogP contribution in [0.1, 0.15) is 99.2 Å². The number of likely N-dealkylation sites (tertiary alicyclic amines) is 2. The lowest BCUT2D eigenvalue weighted by Gasteiger charge is -2.40. The van der Waals surface area contributed by atoms with Gasteiger partial charge in [-0.2, -0.15) is 5.10 Å². The van der Waals surface area contributed by atoms with Crippen LogP contribution < -0.4 is 10.9 Å². The number of ether oxygens (including phenoxy) is 1. The van der Waals surface area contributed by atoms with Crippen LogP contribution in [0.4, 0.5) is 4.39 Å². The minimum Gasteiger partial charge on any atom is -0.375 e. The monoisotopic (exact) mass is 811 g/mol. The van der Waals surface area contributed by atoms with E-state index in [2.05, 4.69) is 20.4 Å². The third-order valence-electron chi connectivity index (χ3n) is 13.6. The van der Waals surface area contributed by atoms with Crippen molar-refractivity contribution in [1.29, 1.82) is 0 Å². The highest BCUT2D eigenvalue weighted by Gasteiger charge is 2.47. The van der Waals surface area contributed by atoms with E-state index in [1.54, 1.807) is 34.1 Å². The van der Waals surface area contributed by atoms with Crippen molar-refractivity contribution in [3.63, 3.8) is 0 Å². The van der Waals surface area contributed by atoms with Gasteiger partial charge < -0.3 is 24.8 Å². The summed E-state index contributed by atoms with van der Waals surface area (Å²) in [6, 6.07) is 11.2. The van der Waals surface area contributed by atoms with Crippen LogP contribution in [-0.4, -0.2) is 131 Å². The van der Waals surface area contributed by atoms with E-state index in [1.807, 2.05) is 24.0 Å². The summed E-state index contributed by atoms with van der Waals surface area (Å²) in [5, 5.41) is 11.2. The number of benzene rings is 2. The predicted octanol–water partition coefficient (Wildman–Crippen LogP) is 4.27. The zero-order valence-corrected chi connectivity index (χ0v) is 34.3. The molecule has 4 amide bonds. The number of piperazine rings is 1. The Bertz CT molecular complexity index is 2080. The molecular formula is C45H58FN7O6.